The minimum absolute atomic E-state index is 0. The van der Waals surface area contributed by atoms with Crippen molar-refractivity contribution >= 4 is 12.6 Å². The van der Waals surface area contributed by atoms with Crippen LogP contribution in [-0.2, 0) is 45.3 Å². The van der Waals surface area contributed by atoms with Gasteiger partial charge < -0.3 is 17.9 Å². The molecule has 45 valence electrons. The predicted octanol–water partition coefficient (Wildman–Crippen LogP) is 1.42. The molecule has 0 aromatic carbocycles. The molecule has 0 fully saturated rings. The molecule has 0 saturated carbocycles. The predicted molar refractivity (Wildman–Crippen MR) is 35.2 cm³/mol. The minimum atomic E-state index is 0. The molecule has 0 N–H and O–H groups in total. The van der Waals surface area contributed by atoms with E-state index in [1.807, 2.05) is 0 Å². The topological polar surface area (TPSA) is 14.1 Å². The van der Waals surface area contributed by atoms with Gasteiger partial charge in [0.2, 0.25) is 0 Å². The van der Waals surface area contributed by atoms with Crippen molar-refractivity contribution in [3.05, 3.63) is 5.32 Å². The quantitative estimate of drug-likeness (QED) is 0.534. The average molecular weight is 196 g/mol. The second kappa shape index (κ2) is 52.3. The van der Waals surface area contributed by atoms with Gasteiger partial charge in [-0.2, -0.15) is 20.4 Å². The first kappa shape index (κ1) is 23.7. The summed E-state index contributed by atoms with van der Waals surface area (Å²) < 4.78 is 0. The maximum Gasteiger partial charge on any atom is 0 e. The molecule has 0 heterocycles. The van der Waals surface area contributed by atoms with Crippen molar-refractivity contribution in [2.45, 2.75) is 7.43 Å². The molecule has 0 aliphatic carbocycles. The van der Waals surface area contributed by atoms with E-state index in [0.717, 1.165) is 0 Å². The molecule has 0 unspecified atom stereocenters. The van der Waals surface area contributed by atoms with Crippen LogP contribution in [0, 0.1) is 0 Å². The van der Waals surface area contributed by atoms with Gasteiger partial charge in [0.15, 0.2) is 0 Å². The monoisotopic (exact) mass is 196 g/mol. The van der Waals surface area contributed by atoms with Gasteiger partial charge in [-0.05, 0) is 0 Å². The first-order valence-electron chi connectivity index (χ1n) is 1.30. The van der Waals surface area contributed by atoms with Gasteiger partial charge in [0.05, 0.1) is 0 Å². The summed E-state index contributed by atoms with van der Waals surface area (Å²) in [7, 11) is 3.50. The Bertz CT molecular complexity index is 11.7. The maximum atomic E-state index is 4.08. The van der Waals surface area contributed by atoms with Crippen LogP contribution in [-0.4, -0.2) is 20.4 Å². The van der Waals surface area contributed by atoms with Gasteiger partial charge in [0.1, 0.15) is 0 Å². The second-order valence-corrected chi connectivity index (χ2v) is 0.447. The van der Waals surface area contributed by atoms with Crippen molar-refractivity contribution in [1.82, 2.24) is 0 Å². The molecule has 0 saturated heterocycles. The Morgan fingerprint density at radius 1 is 1.14 bits per heavy atom. The SMILES string of the molecule is C.C[N-]C.C[S-].[Y]. The van der Waals surface area contributed by atoms with E-state index in [4.69, 9.17) is 0 Å². The van der Waals surface area contributed by atoms with Crippen LogP contribution in [0.1, 0.15) is 7.43 Å². The van der Waals surface area contributed by atoms with E-state index in [1.54, 1.807) is 20.4 Å². The summed E-state index contributed by atoms with van der Waals surface area (Å²) in [6, 6.07) is 0. The zero-order chi connectivity index (χ0) is 4.71. The molecule has 0 spiro atoms. The number of hydrogen-bond donors (Lipinski definition) is 0. The summed E-state index contributed by atoms with van der Waals surface area (Å²) in [6.07, 6.45) is 1.58. The summed E-state index contributed by atoms with van der Waals surface area (Å²) in [5, 5.41) is 3.50. The zero-order valence-electron chi connectivity index (χ0n) is 4.43. The summed E-state index contributed by atoms with van der Waals surface area (Å²) in [5.74, 6) is 0. The van der Waals surface area contributed by atoms with Crippen LogP contribution in [0.15, 0.2) is 0 Å². The third kappa shape index (κ3) is 109. The van der Waals surface area contributed by atoms with E-state index in [2.05, 4.69) is 17.9 Å². The molecule has 0 aliphatic heterocycles. The van der Waals surface area contributed by atoms with Crippen molar-refractivity contribution < 1.29 is 32.7 Å². The molecule has 1 radical (unpaired) electrons. The molecule has 0 amide bonds. The Morgan fingerprint density at radius 2 is 1.14 bits per heavy atom. The average Bonchev–Trinajstić information content (AvgIpc) is 1.46. The molecule has 3 heteroatoms. The van der Waals surface area contributed by atoms with Crippen molar-refractivity contribution in [3.8, 4) is 0 Å². The molecule has 0 rings (SSSR count). The first-order chi connectivity index (χ1) is 2.41. The zero-order valence-corrected chi connectivity index (χ0v) is 8.09. The minimum Gasteiger partial charge on any atom is -0.796 e. The Hall–Kier alpha value is 1.41. The van der Waals surface area contributed by atoms with Crippen LogP contribution in [0.25, 0.3) is 5.32 Å². The van der Waals surface area contributed by atoms with E-state index in [-0.39, 0.29) is 40.1 Å². The van der Waals surface area contributed by atoms with Crippen LogP contribution in [0.2, 0.25) is 0 Å². The standard InChI is InChI=1S/C2H6N.CH4S.CH4.Y/c1-3-2;1-2;;/h1-2H3;2H,1H3;1H4;/q-1;;;/p-1. The van der Waals surface area contributed by atoms with E-state index in [1.165, 1.54) is 0 Å². The molecular formula is C4H13NSY-2. The molecule has 0 aliphatic rings. The normalized spacial score (nSPS) is 3.43. The molecule has 0 atom stereocenters. The van der Waals surface area contributed by atoms with E-state index < -0.39 is 0 Å². The Kier molecular flexibility index (Phi) is 178. The maximum absolute atomic E-state index is 4.08. The van der Waals surface area contributed by atoms with Crippen molar-refractivity contribution in [1.29, 1.82) is 0 Å². The second-order valence-electron chi connectivity index (χ2n) is 0.447. The first-order valence-corrected chi connectivity index (χ1v) is 2.12. The van der Waals surface area contributed by atoms with Crippen LogP contribution < -0.4 is 0 Å². The van der Waals surface area contributed by atoms with E-state index >= 15 is 0 Å². The number of nitrogens with zero attached hydrogens (tertiary/aromatic N) is 1. The molecule has 1 nitrogen and oxygen atoms in total. The summed E-state index contributed by atoms with van der Waals surface area (Å²) >= 11 is 4.08. The van der Waals surface area contributed by atoms with Gasteiger partial charge in [-0.25, -0.2) is 0 Å². The van der Waals surface area contributed by atoms with Gasteiger partial charge in [-0.15, -0.1) is 0 Å². The Balaban J connectivity index is -0.0000000105. The smallest absolute Gasteiger partial charge is 0 e. The van der Waals surface area contributed by atoms with Gasteiger partial charge in [-0.1, -0.05) is 7.43 Å². The number of hydrogen-bond acceptors (Lipinski definition) is 1. The van der Waals surface area contributed by atoms with Gasteiger partial charge >= 0.3 is 0 Å². The van der Waals surface area contributed by atoms with Gasteiger partial charge in [0, 0.05) is 32.7 Å². The number of rotatable bonds is 0. The van der Waals surface area contributed by atoms with E-state index in [9.17, 15) is 0 Å². The van der Waals surface area contributed by atoms with Gasteiger partial charge in [-0.3, -0.25) is 0 Å². The van der Waals surface area contributed by atoms with Crippen molar-refractivity contribution in [2.75, 3.05) is 20.4 Å². The fraction of sp³-hybridized carbons (Fsp3) is 1.00. The third-order valence-corrected chi connectivity index (χ3v) is 0. The van der Waals surface area contributed by atoms with Crippen molar-refractivity contribution in [3.63, 3.8) is 0 Å². The molecule has 0 aromatic rings. The molecule has 7 heavy (non-hydrogen) atoms. The summed E-state index contributed by atoms with van der Waals surface area (Å²) in [5.41, 5.74) is 0. The fourth-order valence-corrected chi connectivity index (χ4v) is 0. The van der Waals surface area contributed by atoms with Crippen LogP contribution >= 0.6 is 0 Å². The molecular weight excluding hydrogens is 183 g/mol. The van der Waals surface area contributed by atoms with Crippen molar-refractivity contribution in [2.24, 2.45) is 0 Å². The van der Waals surface area contributed by atoms with Crippen LogP contribution in [0.4, 0.5) is 0 Å². The van der Waals surface area contributed by atoms with Gasteiger partial charge in [0.25, 0.3) is 0 Å². The van der Waals surface area contributed by atoms with Crippen LogP contribution in [0.5, 0.6) is 0 Å². The third-order valence-electron chi connectivity index (χ3n) is 0. The van der Waals surface area contributed by atoms with Crippen LogP contribution in [0.3, 0.4) is 0 Å². The summed E-state index contributed by atoms with van der Waals surface area (Å²) in [6.45, 7) is 0. The fourth-order valence-electron chi connectivity index (χ4n) is 0. The molecule has 0 aromatic heterocycles. The Morgan fingerprint density at radius 3 is 1.14 bits per heavy atom. The summed E-state index contributed by atoms with van der Waals surface area (Å²) in [4.78, 5) is 0. The Labute approximate surface area is 77.9 Å². The van der Waals surface area contributed by atoms with E-state index in [0.29, 0.717) is 0 Å². The molecule has 0 bridgehead atoms. The largest absolute Gasteiger partial charge is 0.796 e.